The van der Waals surface area contributed by atoms with E-state index in [4.69, 9.17) is 4.74 Å². The molecule has 1 aliphatic heterocycles. The molecule has 2 unspecified atom stereocenters. The lowest BCUT2D eigenvalue weighted by atomic mass is 9.96. The summed E-state index contributed by atoms with van der Waals surface area (Å²) in [6, 6.07) is 4.07. The average Bonchev–Trinajstić information content (AvgIpc) is 2.38. The predicted molar refractivity (Wildman–Crippen MR) is 69.7 cm³/mol. The fourth-order valence-corrected chi connectivity index (χ4v) is 2.62. The Balaban J connectivity index is 2.23. The zero-order chi connectivity index (χ0) is 13.1. The Hall–Kier alpha value is -1.58. The molecule has 0 N–H and O–H groups in total. The van der Waals surface area contributed by atoms with Crippen LogP contribution in [0.3, 0.4) is 0 Å². The van der Waals surface area contributed by atoms with Crippen molar-refractivity contribution >= 4 is 5.91 Å². The Labute approximate surface area is 108 Å². The van der Waals surface area contributed by atoms with Gasteiger partial charge in [-0.05, 0) is 39.2 Å². The van der Waals surface area contributed by atoms with Crippen LogP contribution in [0.2, 0.25) is 0 Å². The maximum absolute atomic E-state index is 12.5. The van der Waals surface area contributed by atoms with Crippen molar-refractivity contribution in [3.05, 3.63) is 23.9 Å². The van der Waals surface area contributed by atoms with E-state index in [-0.39, 0.29) is 5.91 Å². The van der Waals surface area contributed by atoms with Crippen molar-refractivity contribution in [2.75, 3.05) is 7.11 Å². The lowest BCUT2D eigenvalue weighted by molar-refractivity contribution is 0.0510. The molecule has 0 bridgehead atoms. The molecule has 0 aromatic carbocycles. The van der Waals surface area contributed by atoms with Gasteiger partial charge in [0, 0.05) is 29.9 Å². The highest BCUT2D eigenvalue weighted by atomic mass is 16.5. The summed E-state index contributed by atoms with van der Waals surface area (Å²) >= 11 is 0. The number of piperidine rings is 1. The maximum Gasteiger partial charge on any atom is 0.254 e. The first-order valence-electron chi connectivity index (χ1n) is 6.46. The van der Waals surface area contributed by atoms with Gasteiger partial charge < -0.3 is 9.64 Å². The van der Waals surface area contributed by atoms with Crippen LogP contribution in [0, 0.1) is 0 Å². The zero-order valence-corrected chi connectivity index (χ0v) is 11.2. The monoisotopic (exact) mass is 248 g/mol. The second kappa shape index (κ2) is 5.38. The summed E-state index contributed by atoms with van der Waals surface area (Å²) in [5, 5.41) is 0. The SMILES string of the molecule is COc1cc(C(=O)N2C(C)CCCC2C)ccn1. The number of methoxy groups -OCH3 is 1. The molecule has 1 aromatic heterocycles. The van der Waals surface area contributed by atoms with Crippen molar-refractivity contribution in [3.8, 4) is 5.88 Å². The van der Waals surface area contributed by atoms with E-state index >= 15 is 0 Å². The first kappa shape index (κ1) is 12.9. The summed E-state index contributed by atoms with van der Waals surface area (Å²) in [6.45, 7) is 4.23. The van der Waals surface area contributed by atoms with Gasteiger partial charge in [-0.2, -0.15) is 0 Å². The Morgan fingerprint density at radius 2 is 2.06 bits per heavy atom. The van der Waals surface area contributed by atoms with E-state index in [0.717, 1.165) is 12.8 Å². The molecular formula is C14H20N2O2. The van der Waals surface area contributed by atoms with Gasteiger partial charge in [0.1, 0.15) is 0 Å². The number of likely N-dealkylation sites (tertiary alicyclic amines) is 1. The van der Waals surface area contributed by atoms with Crippen LogP contribution in [-0.2, 0) is 0 Å². The van der Waals surface area contributed by atoms with E-state index in [1.54, 1.807) is 25.4 Å². The van der Waals surface area contributed by atoms with Crippen LogP contribution in [0.5, 0.6) is 5.88 Å². The van der Waals surface area contributed by atoms with Crippen LogP contribution < -0.4 is 4.74 Å². The van der Waals surface area contributed by atoms with Crippen molar-refractivity contribution < 1.29 is 9.53 Å². The molecule has 0 radical (unpaired) electrons. The molecule has 1 aliphatic rings. The van der Waals surface area contributed by atoms with Crippen LogP contribution in [0.1, 0.15) is 43.5 Å². The van der Waals surface area contributed by atoms with Crippen molar-refractivity contribution in [1.29, 1.82) is 0 Å². The van der Waals surface area contributed by atoms with Crippen molar-refractivity contribution in [2.24, 2.45) is 0 Å². The number of pyridine rings is 1. The van der Waals surface area contributed by atoms with E-state index in [9.17, 15) is 4.79 Å². The summed E-state index contributed by atoms with van der Waals surface area (Å²) in [7, 11) is 1.56. The fourth-order valence-electron chi connectivity index (χ4n) is 2.62. The number of aromatic nitrogens is 1. The van der Waals surface area contributed by atoms with E-state index in [1.807, 2.05) is 4.90 Å². The van der Waals surface area contributed by atoms with Crippen molar-refractivity contribution in [2.45, 2.75) is 45.2 Å². The summed E-state index contributed by atoms with van der Waals surface area (Å²) in [5.41, 5.74) is 0.655. The lowest BCUT2D eigenvalue weighted by Gasteiger charge is -2.39. The van der Waals surface area contributed by atoms with Crippen LogP contribution in [0.25, 0.3) is 0 Å². The number of hydrogen-bond donors (Lipinski definition) is 0. The molecule has 1 amide bonds. The van der Waals surface area contributed by atoms with Crippen LogP contribution >= 0.6 is 0 Å². The smallest absolute Gasteiger partial charge is 0.254 e. The van der Waals surface area contributed by atoms with Gasteiger partial charge in [0.15, 0.2) is 0 Å². The van der Waals surface area contributed by atoms with Gasteiger partial charge in [0.25, 0.3) is 5.91 Å². The molecule has 18 heavy (non-hydrogen) atoms. The minimum Gasteiger partial charge on any atom is -0.481 e. The van der Waals surface area contributed by atoms with Crippen LogP contribution in [0.4, 0.5) is 0 Å². The third kappa shape index (κ3) is 2.47. The van der Waals surface area contributed by atoms with Crippen LogP contribution in [-0.4, -0.2) is 35.0 Å². The van der Waals surface area contributed by atoms with Gasteiger partial charge in [-0.1, -0.05) is 0 Å². The van der Waals surface area contributed by atoms with Gasteiger partial charge in [-0.3, -0.25) is 4.79 Å². The Bertz CT molecular complexity index is 424. The summed E-state index contributed by atoms with van der Waals surface area (Å²) in [4.78, 5) is 18.5. The Kier molecular flexibility index (Phi) is 3.84. The number of carbonyl (C=O) groups excluding carboxylic acids is 1. The number of hydrogen-bond acceptors (Lipinski definition) is 3. The molecule has 4 heteroatoms. The molecule has 2 heterocycles. The second-order valence-electron chi connectivity index (χ2n) is 4.93. The van der Waals surface area contributed by atoms with Crippen LogP contribution in [0.15, 0.2) is 18.3 Å². The first-order valence-corrected chi connectivity index (χ1v) is 6.46. The summed E-state index contributed by atoms with van der Waals surface area (Å²) in [5.74, 6) is 0.563. The minimum atomic E-state index is 0.0791. The van der Waals surface area contributed by atoms with Crippen molar-refractivity contribution in [3.63, 3.8) is 0 Å². The number of carbonyl (C=O) groups is 1. The second-order valence-corrected chi connectivity index (χ2v) is 4.93. The van der Waals surface area contributed by atoms with Gasteiger partial charge in [0.2, 0.25) is 5.88 Å². The van der Waals surface area contributed by atoms with Gasteiger partial charge in [-0.15, -0.1) is 0 Å². The fraction of sp³-hybridized carbons (Fsp3) is 0.571. The molecule has 2 rings (SSSR count). The van der Waals surface area contributed by atoms with Gasteiger partial charge in [0.05, 0.1) is 7.11 Å². The quantitative estimate of drug-likeness (QED) is 0.807. The molecule has 4 nitrogen and oxygen atoms in total. The molecule has 0 aliphatic carbocycles. The molecule has 1 fully saturated rings. The number of amides is 1. The van der Waals surface area contributed by atoms with E-state index < -0.39 is 0 Å². The molecule has 0 saturated carbocycles. The van der Waals surface area contributed by atoms with Gasteiger partial charge >= 0.3 is 0 Å². The highest BCUT2D eigenvalue weighted by Crippen LogP contribution is 2.25. The largest absolute Gasteiger partial charge is 0.481 e. The number of ether oxygens (including phenoxy) is 1. The topological polar surface area (TPSA) is 42.4 Å². The van der Waals surface area contributed by atoms with E-state index in [1.165, 1.54) is 6.42 Å². The normalized spacial score (nSPS) is 23.8. The molecule has 1 aromatic rings. The Morgan fingerprint density at radius 3 is 2.67 bits per heavy atom. The molecule has 98 valence electrons. The third-order valence-corrected chi connectivity index (χ3v) is 3.62. The third-order valence-electron chi connectivity index (χ3n) is 3.62. The molecular weight excluding hydrogens is 228 g/mol. The summed E-state index contributed by atoms with van der Waals surface area (Å²) in [6.07, 6.45) is 4.98. The predicted octanol–water partition coefficient (Wildman–Crippen LogP) is 2.49. The molecule has 1 saturated heterocycles. The van der Waals surface area contributed by atoms with E-state index in [0.29, 0.717) is 23.5 Å². The number of rotatable bonds is 2. The maximum atomic E-state index is 12.5. The first-order chi connectivity index (χ1) is 8.63. The Morgan fingerprint density at radius 1 is 1.39 bits per heavy atom. The highest BCUT2D eigenvalue weighted by molar-refractivity contribution is 5.94. The van der Waals surface area contributed by atoms with Gasteiger partial charge in [-0.25, -0.2) is 4.98 Å². The number of nitrogens with zero attached hydrogens (tertiary/aromatic N) is 2. The zero-order valence-electron chi connectivity index (χ0n) is 11.2. The van der Waals surface area contributed by atoms with E-state index in [2.05, 4.69) is 18.8 Å². The highest BCUT2D eigenvalue weighted by Gasteiger charge is 2.29. The summed E-state index contributed by atoms with van der Waals surface area (Å²) < 4.78 is 5.06. The minimum absolute atomic E-state index is 0.0791. The lowest BCUT2D eigenvalue weighted by Crippen LogP contribution is -2.47. The standard InChI is InChI=1S/C14H20N2O2/c1-10-5-4-6-11(2)16(10)14(17)12-7-8-15-13(9-12)18-3/h7-11H,4-6H2,1-3H3. The molecule has 0 spiro atoms. The van der Waals surface area contributed by atoms with Crippen molar-refractivity contribution in [1.82, 2.24) is 9.88 Å². The average molecular weight is 248 g/mol. The molecule has 2 atom stereocenters.